The minimum absolute atomic E-state index is 0.0650. The first-order chi connectivity index (χ1) is 8.63. The van der Waals surface area contributed by atoms with Gasteiger partial charge in [-0.3, -0.25) is 10.1 Å². The number of anilines is 1. The Hall–Kier alpha value is -2.84. The third kappa shape index (κ3) is 2.00. The highest BCUT2D eigenvalue weighted by molar-refractivity contribution is 5.74. The first-order valence-electron chi connectivity index (χ1n) is 4.74. The zero-order valence-electron chi connectivity index (χ0n) is 9.27. The molecule has 0 aliphatic carbocycles. The van der Waals surface area contributed by atoms with E-state index in [-0.39, 0.29) is 23.2 Å². The summed E-state index contributed by atoms with van der Waals surface area (Å²) < 4.78 is 4.79. The monoisotopic (exact) mass is 248 g/mol. The Morgan fingerprint density at radius 3 is 2.50 bits per heavy atom. The zero-order valence-corrected chi connectivity index (χ0v) is 9.27. The van der Waals surface area contributed by atoms with Gasteiger partial charge in [-0.25, -0.2) is 19.9 Å². The second-order valence-corrected chi connectivity index (χ2v) is 3.17. The predicted octanol–water partition coefficient (Wildman–Crippen LogP) is 0.433. The lowest BCUT2D eigenvalue weighted by atomic mass is 10.2. The lowest BCUT2D eigenvalue weighted by molar-refractivity contribution is -0.383. The van der Waals surface area contributed by atoms with Gasteiger partial charge in [-0.15, -0.1) is 0 Å². The molecule has 92 valence electrons. The van der Waals surface area contributed by atoms with Crippen LogP contribution in [0.5, 0.6) is 6.01 Å². The maximum Gasteiger partial charge on any atom is 0.337 e. The number of hydrogen-bond acceptors (Lipinski definition) is 8. The van der Waals surface area contributed by atoms with Gasteiger partial charge in [-0.05, 0) is 0 Å². The fraction of sp³-hybridized carbons (Fsp3) is 0.111. The fourth-order valence-electron chi connectivity index (χ4n) is 1.33. The van der Waals surface area contributed by atoms with Crippen molar-refractivity contribution in [3.8, 4) is 17.3 Å². The number of methoxy groups -OCH3 is 1. The van der Waals surface area contributed by atoms with E-state index in [0.717, 1.165) is 6.33 Å². The molecular weight excluding hydrogens is 240 g/mol. The third-order valence-electron chi connectivity index (χ3n) is 2.12. The Balaban J connectivity index is 2.56. The summed E-state index contributed by atoms with van der Waals surface area (Å²) in [5, 5.41) is 10.9. The summed E-state index contributed by atoms with van der Waals surface area (Å²) in [6.07, 6.45) is 3.86. The van der Waals surface area contributed by atoms with Gasteiger partial charge in [0.1, 0.15) is 6.33 Å². The first-order valence-corrected chi connectivity index (χ1v) is 4.74. The lowest BCUT2D eigenvalue weighted by Gasteiger charge is -2.03. The van der Waals surface area contributed by atoms with Crippen molar-refractivity contribution in [3.63, 3.8) is 0 Å². The van der Waals surface area contributed by atoms with E-state index in [2.05, 4.69) is 19.9 Å². The molecule has 9 nitrogen and oxygen atoms in total. The second kappa shape index (κ2) is 4.57. The molecule has 0 aromatic carbocycles. The first kappa shape index (κ1) is 11.6. The van der Waals surface area contributed by atoms with Crippen LogP contribution in [0.4, 0.5) is 11.5 Å². The van der Waals surface area contributed by atoms with Crippen LogP contribution < -0.4 is 10.5 Å². The second-order valence-electron chi connectivity index (χ2n) is 3.17. The van der Waals surface area contributed by atoms with Crippen molar-refractivity contribution in [2.45, 2.75) is 0 Å². The third-order valence-corrected chi connectivity index (χ3v) is 2.12. The van der Waals surface area contributed by atoms with Crippen LogP contribution in [0, 0.1) is 10.1 Å². The van der Waals surface area contributed by atoms with E-state index in [1.807, 2.05) is 0 Å². The number of ether oxygens (including phenoxy) is 1. The largest absolute Gasteiger partial charge is 0.467 e. The van der Waals surface area contributed by atoms with Crippen LogP contribution in [0.1, 0.15) is 0 Å². The Morgan fingerprint density at radius 2 is 1.94 bits per heavy atom. The topological polar surface area (TPSA) is 130 Å². The Kier molecular flexibility index (Phi) is 2.96. The van der Waals surface area contributed by atoms with Gasteiger partial charge in [-0.2, -0.15) is 0 Å². The van der Waals surface area contributed by atoms with E-state index >= 15 is 0 Å². The molecule has 9 heteroatoms. The normalized spacial score (nSPS) is 10.1. The Labute approximate surface area is 101 Å². The average Bonchev–Trinajstić information content (AvgIpc) is 2.38. The van der Waals surface area contributed by atoms with E-state index in [1.165, 1.54) is 19.5 Å². The molecule has 2 aromatic rings. The molecule has 0 fully saturated rings. The van der Waals surface area contributed by atoms with Crippen molar-refractivity contribution in [1.82, 2.24) is 19.9 Å². The highest BCUT2D eigenvalue weighted by Gasteiger charge is 2.22. The Morgan fingerprint density at radius 1 is 1.28 bits per heavy atom. The van der Waals surface area contributed by atoms with Gasteiger partial charge in [0.2, 0.25) is 5.82 Å². The van der Waals surface area contributed by atoms with E-state index < -0.39 is 4.92 Å². The van der Waals surface area contributed by atoms with E-state index in [1.54, 1.807) is 0 Å². The molecule has 0 aliphatic heterocycles. The maximum atomic E-state index is 10.9. The average molecular weight is 248 g/mol. The summed E-state index contributed by atoms with van der Waals surface area (Å²) in [7, 11) is 1.42. The molecule has 2 N–H and O–H groups in total. The molecule has 0 saturated heterocycles. The molecule has 0 radical (unpaired) electrons. The van der Waals surface area contributed by atoms with Gasteiger partial charge in [0.25, 0.3) is 0 Å². The van der Waals surface area contributed by atoms with Gasteiger partial charge in [0, 0.05) is 18.0 Å². The van der Waals surface area contributed by atoms with Crippen molar-refractivity contribution < 1.29 is 9.66 Å². The van der Waals surface area contributed by atoms with Crippen molar-refractivity contribution in [2.24, 2.45) is 0 Å². The molecule has 0 atom stereocenters. The van der Waals surface area contributed by atoms with Gasteiger partial charge < -0.3 is 10.5 Å². The van der Waals surface area contributed by atoms with Crippen LogP contribution >= 0.6 is 0 Å². The lowest BCUT2D eigenvalue weighted by Crippen LogP contribution is -2.03. The minimum Gasteiger partial charge on any atom is -0.467 e. The van der Waals surface area contributed by atoms with Crippen molar-refractivity contribution >= 4 is 11.5 Å². The summed E-state index contributed by atoms with van der Waals surface area (Å²) in [5.74, 6) is -0.208. The van der Waals surface area contributed by atoms with Gasteiger partial charge in [-0.1, -0.05) is 0 Å². The highest BCUT2D eigenvalue weighted by atomic mass is 16.6. The Bertz CT molecular complexity index is 585. The number of nitro groups is 1. The molecule has 0 saturated carbocycles. The summed E-state index contributed by atoms with van der Waals surface area (Å²) in [6, 6.07) is 0.156. The number of aromatic nitrogens is 4. The van der Waals surface area contributed by atoms with Crippen LogP contribution in [0.25, 0.3) is 11.3 Å². The molecule has 2 rings (SSSR count). The van der Waals surface area contributed by atoms with Gasteiger partial charge in [0.15, 0.2) is 5.69 Å². The van der Waals surface area contributed by atoms with Crippen LogP contribution in [-0.2, 0) is 0 Å². The predicted molar refractivity (Wildman–Crippen MR) is 60.7 cm³/mol. The SMILES string of the molecule is COc1ncc(-c2ncnc(N)c2[N+](=O)[O-])cn1. The van der Waals surface area contributed by atoms with Crippen LogP contribution in [0.3, 0.4) is 0 Å². The molecule has 2 aromatic heterocycles. The minimum atomic E-state index is -0.644. The molecule has 0 aliphatic rings. The maximum absolute atomic E-state index is 10.9. The number of rotatable bonds is 3. The van der Waals surface area contributed by atoms with Crippen molar-refractivity contribution in [3.05, 3.63) is 28.8 Å². The van der Waals surface area contributed by atoms with Gasteiger partial charge >= 0.3 is 11.7 Å². The summed E-state index contributed by atoms with van der Waals surface area (Å²) in [6.45, 7) is 0. The van der Waals surface area contributed by atoms with Crippen LogP contribution in [-0.4, -0.2) is 32.0 Å². The van der Waals surface area contributed by atoms with Crippen LogP contribution in [0.2, 0.25) is 0 Å². The van der Waals surface area contributed by atoms with Gasteiger partial charge in [0.05, 0.1) is 12.0 Å². The fourth-order valence-corrected chi connectivity index (χ4v) is 1.33. The number of nitrogen functional groups attached to an aromatic ring is 1. The summed E-state index contributed by atoms with van der Waals surface area (Å²) >= 11 is 0. The van der Waals surface area contributed by atoms with E-state index in [0.29, 0.717) is 5.56 Å². The molecule has 18 heavy (non-hydrogen) atoms. The molecule has 0 spiro atoms. The highest BCUT2D eigenvalue weighted by Crippen LogP contribution is 2.30. The smallest absolute Gasteiger partial charge is 0.337 e. The molecule has 2 heterocycles. The van der Waals surface area contributed by atoms with E-state index in [4.69, 9.17) is 10.5 Å². The zero-order chi connectivity index (χ0) is 13.1. The summed E-state index contributed by atoms with van der Waals surface area (Å²) in [4.78, 5) is 25.4. The van der Waals surface area contributed by atoms with Crippen molar-refractivity contribution in [1.29, 1.82) is 0 Å². The molecule has 0 bridgehead atoms. The van der Waals surface area contributed by atoms with E-state index in [9.17, 15) is 10.1 Å². The van der Waals surface area contributed by atoms with Crippen LogP contribution in [0.15, 0.2) is 18.7 Å². The van der Waals surface area contributed by atoms with Crippen molar-refractivity contribution in [2.75, 3.05) is 12.8 Å². The molecular formula is C9H8N6O3. The number of nitrogens with two attached hydrogens (primary N) is 1. The standard InChI is InChI=1S/C9H8N6O3/c1-18-9-11-2-5(3-12-9)6-7(15(16)17)8(10)14-4-13-6/h2-4H,1H3,(H2,10,13,14). The molecule has 0 unspecified atom stereocenters. The number of hydrogen-bond donors (Lipinski definition) is 1. The quantitative estimate of drug-likeness (QED) is 0.611. The number of nitrogens with zero attached hydrogens (tertiary/aromatic N) is 5. The molecule has 0 amide bonds. The summed E-state index contributed by atoms with van der Waals surface area (Å²) in [5.41, 5.74) is 5.51.